The molecule has 0 spiro atoms. The number of ketones is 1. The molecule has 210 valence electrons. The van der Waals surface area contributed by atoms with E-state index in [-0.39, 0.29) is 30.1 Å². The minimum atomic E-state index is -1.16. The summed E-state index contributed by atoms with van der Waals surface area (Å²) in [5.74, 6) is -0.526. The van der Waals surface area contributed by atoms with Crippen LogP contribution in [0, 0.1) is 29.6 Å². The number of aliphatic hydroxyl groups excluding tert-OH is 2. The number of cyclic esters (lactones) is 1. The van der Waals surface area contributed by atoms with Crippen LogP contribution >= 0.6 is 11.3 Å². The van der Waals surface area contributed by atoms with Crippen LogP contribution in [0.15, 0.2) is 30.9 Å². The van der Waals surface area contributed by atoms with E-state index in [2.05, 4.69) is 25.4 Å². The summed E-state index contributed by atoms with van der Waals surface area (Å²) in [5.41, 5.74) is 0.320. The van der Waals surface area contributed by atoms with Crippen LogP contribution in [0.25, 0.3) is 10.2 Å². The Morgan fingerprint density at radius 2 is 1.95 bits per heavy atom. The van der Waals surface area contributed by atoms with E-state index >= 15 is 0 Å². The summed E-state index contributed by atoms with van der Waals surface area (Å²) in [7, 11) is 0. The molecule has 1 aromatic heterocycles. The zero-order valence-electron chi connectivity index (χ0n) is 23.7. The lowest BCUT2D eigenvalue weighted by molar-refractivity contribution is -0.156. The predicted octanol–water partition coefficient (Wildman–Crippen LogP) is 6.72. The van der Waals surface area contributed by atoms with Crippen LogP contribution in [0.1, 0.15) is 95.7 Å². The first kappa shape index (κ1) is 30.5. The number of Topliss-reactive ketones (excluding diaryl/α,β-unsaturated/α-hetero) is 1. The standard InChI is InChI=1S/C31H45NO5S/c1-7-9-23-16-20(2)10-8-14-31(6,19-33)15-13-25(22-11-12-26-24(17-22)32-21(3)38-26)37-28(35)18-27(34)30(4,5)29(23)36/h7,11-12,17,20,23,25,27,33-34H,1,8-10,13-16,18-19H2,2-6H3/t20-,23+,25-,27-,31+/m0/s1. The number of allylic oxidation sites excluding steroid dienone is 1. The molecule has 3 rings (SSSR count). The number of aryl methyl sites for hydroxylation is 1. The largest absolute Gasteiger partial charge is 0.457 e. The van der Waals surface area contributed by atoms with Gasteiger partial charge in [0.15, 0.2) is 0 Å². The van der Waals surface area contributed by atoms with Gasteiger partial charge in [-0.15, -0.1) is 17.9 Å². The number of rotatable bonds is 4. The number of nitrogens with zero attached hydrogens (tertiary/aromatic N) is 1. The van der Waals surface area contributed by atoms with Crippen molar-refractivity contribution in [2.24, 2.45) is 22.7 Å². The second-order valence-electron chi connectivity index (χ2n) is 12.2. The number of aliphatic hydroxyl groups is 2. The predicted molar refractivity (Wildman–Crippen MR) is 153 cm³/mol. The molecule has 6 nitrogen and oxygen atoms in total. The van der Waals surface area contributed by atoms with Gasteiger partial charge >= 0.3 is 5.97 Å². The van der Waals surface area contributed by atoms with Crippen LogP contribution in [0.5, 0.6) is 0 Å². The van der Waals surface area contributed by atoms with Crippen LogP contribution in [0.2, 0.25) is 0 Å². The van der Waals surface area contributed by atoms with Crippen molar-refractivity contribution in [3.63, 3.8) is 0 Å². The normalized spacial score (nSPS) is 30.2. The fourth-order valence-corrected chi connectivity index (χ4v) is 6.43. The molecule has 1 aliphatic heterocycles. The first-order valence-electron chi connectivity index (χ1n) is 13.9. The van der Waals surface area contributed by atoms with Gasteiger partial charge in [0.1, 0.15) is 11.9 Å². The number of aromatic nitrogens is 1. The molecular formula is C31H45NO5S. The van der Waals surface area contributed by atoms with Crippen molar-refractivity contribution in [1.82, 2.24) is 4.98 Å². The smallest absolute Gasteiger partial charge is 0.309 e. The fourth-order valence-electron chi connectivity index (χ4n) is 5.62. The lowest BCUT2D eigenvalue weighted by Gasteiger charge is -2.34. The molecule has 1 aliphatic rings. The van der Waals surface area contributed by atoms with Crippen LogP contribution in [0.4, 0.5) is 0 Å². The highest BCUT2D eigenvalue weighted by Gasteiger charge is 2.41. The van der Waals surface area contributed by atoms with Gasteiger partial charge in [-0.1, -0.05) is 52.7 Å². The Labute approximate surface area is 231 Å². The minimum Gasteiger partial charge on any atom is -0.457 e. The number of carbonyl (C=O) groups excluding carboxylic acids is 2. The molecular weight excluding hydrogens is 498 g/mol. The van der Waals surface area contributed by atoms with Crippen molar-refractivity contribution in [2.45, 2.75) is 98.2 Å². The van der Waals surface area contributed by atoms with E-state index < -0.39 is 23.6 Å². The molecule has 0 saturated carbocycles. The van der Waals surface area contributed by atoms with Crippen LogP contribution in [0.3, 0.4) is 0 Å². The molecule has 0 amide bonds. The number of benzene rings is 1. The molecule has 0 radical (unpaired) electrons. The summed E-state index contributed by atoms with van der Waals surface area (Å²) >= 11 is 1.62. The van der Waals surface area contributed by atoms with E-state index in [4.69, 9.17) is 4.74 Å². The summed E-state index contributed by atoms with van der Waals surface area (Å²) in [5, 5.41) is 22.3. The first-order valence-corrected chi connectivity index (χ1v) is 14.7. The third-order valence-corrected chi connectivity index (χ3v) is 9.32. The second-order valence-corrected chi connectivity index (χ2v) is 13.4. The molecule has 2 N–H and O–H groups in total. The Balaban J connectivity index is 1.93. The summed E-state index contributed by atoms with van der Waals surface area (Å²) in [6.45, 7) is 13.6. The first-order chi connectivity index (χ1) is 17.9. The number of ether oxygens (including phenoxy) is 1. The summed E-state index contributed by atoms with van der Waals surface area (Å²) in [4.78, 5) is 31.3. The minimum absolute atomic E-state index is 0.0438. The van der Waals surface area contributed by atoms with Crippen molar-refractivity contribution in [3.05, 3.63) is 41.4 Å². The maximum absolute atomic E-state index is 13.6. The maximum Gasteiger partial charge on any atom is 0.309 e. The third kappa shape index (κ3) is 7.51. The molecule has 1 fully saturated rings. The highest BCUT2D eigenvalue weighted by molar-refractivity contribution is 7.18. The third-order valence-electron chi connectivity index (χ3n) is 8.37. The molecule has 38 heavy (non-hydrogen) atoms. The van der Waals surface area contributed by atoms with Gasteiger partial charge in [-0.2, -0.15) is 0 Å². The second kappa shape index (κ2) is 12.8. The molecule has 2 heterocycles. The summed E-state index contributed by atoms with van der Waals surface area (Å²) < 4.78 is 7.06. The Hall–Kier alpha value is -2.09. The fraction of sp³-hybridized carbons (Fsp3) is 0.645. The highest BCUT2D eigenvalue weighted by Crippen LogP contribution is 2.38. The SMILES string of the molecule is C=CC[C@@H]1C[C@@H](C)CCC[C@@](C)(CO)CC[C@@H](c2ccc3sc(C)nc3c2)OC(=O)C[C@H](O)C(C)(C)C1=O. The van der Waals surface area contributed by atoms with Gasteiger partial charge < -0.3 is 14.9 Å². The lowest BCUT2D eigenvalue weighted by atomic mass is 9.72. The van der Waals surface area contributed by atoms with Crippen molar-refractivity contribution in [3.8, 4) is 0 Å². The van der Waals surface area contributed by atoms with E-state index in [9.17, 15) is 19.8 Å². The van der Waals surface area contributed by atoms with Crippen LogP contribution in [-0.4, -0.2) is 39.7 Å². The molecule has 1 aromatic carbocycles. The van der Waals surface area contributed by atoms with Crippen LogP contribution < -0.4 is 0 Å². The van der Waals surface area contributed by atoms with Crippen LogP contribution in [-0.2, 0) is 14.3 Å². The van der Waals surface area contributed by atoms with Crippen molar-refractivity contribution in [2.75, 3.05) is 6.61 Å². The molecule has 7 heteroatoms. The van der Waals surface area contributed by atoms with Gasteiger partial charge in [-0.3, -0.25) is 9.59 Å². The zero-order valence-corrected chi connectivity index (χ0v) is 24.5. The topological polar surface area (TPSA) is 96.7 Å². The van der Waals surface area contributed by atoms with E-state index in [0.717, 1.165) is 40.1 Å². The van der Waals surface area contributed by atoms with E-state index in [1.54, 1.807) is 31.3 Å². The lowest BCUT2D eigenvalue weighted by Crippen LogP contribution is -2.42. The maximum atomic E-state index is 13.6. The number of hydrogen-bond donors (Lipinski definition) is 2. The number of fused-ring (bicyclic) bond motifs is 1. The van der Waals surface area contributed by atoms with Gasteiger partial charge in [0.05, 0.1) is 33.2 Å². The summed E-state index contributed by atoms with van der Waals surface area (Å²) in [6, 6.07) is 5.94. The number of hydrogen-bond acceptors (Lipinski definition) is 7. The quantitative estimate of drug-likeness (QED) is 0.328. The van der Waals surface area contributed by atoms with Crippen molar-refractivity contribution in [1.29, 1.82) is 0 Å². The highest BCUT2D eigenvalue weighted by atomic mass is 32.1. The monoisotopic (exact) mass is 543 g/mol. The average Bonchev–Trinajstić information content (AvgIpc) is 3.24. The van der Waals surface area contributed by atoms with Gasteiger partial charge in [0.2, 0.25) is 0 Å². The number of carbonyl (C=O) groups is 2. The molecule has 1 saturated heterocycles. The summed E-state index contributed by atoms with van der Waals surface area (Å²) in [6.07, 6.45) is 5.04. The number of thiazole rings is 1. The Bertz CT molecular complexity index is 1120. The van der Waals surface area contributed by atoms with E-state index in [1.165, 1.54) is 0 Å². The van der Waals surface area contributed by atoms with Gasteiger partial charge in [0, 0.05) is 12.5 Å². The van der Waals surface area contributed by atoms with Gasteiger partial charge in [-0.25, -0.2) is 4.98 Å². The molecule has 0 aliphatic carbocycles. The Morgan fingerprint density at radius 1 is 1.21 bits per heavy atom. The van der Waals surface area contributed by atoms with E-state index in [0.29, 0.717) is 31.6 Å². The molecule has 5 atom stereocenters. The molecule has 0 bridgehead atoms. The molecule has 0 unspecified atom stereocenters. The van der Waals surface area contributed by atoms with Crippen molar-refractivity contribution >= 4 is 33.3 Å². The van der Waals surface area contributed by atoms with Crippen molar-refractivity contribution < 1.29 is 24.5 Å². The Morgan fingerprint density at radius 3 is 2.63 bits per heavy atom. The van der Waals surface area contributed by atoms with Gasteiger partial charge in [0.25, 0.3) is 0 Å². The van der Waals surface area contributed by atoms with Gasteiger partial charge in [-0.05, 0) is 68.1 Å². The van der Waals surface area contributed by atoms with E-state index in [1.807, 2.05) is 25.1 Å². The zero-order chi connectivity index (χ0) is 28.1. The Kier molecular flexibility index (Phi) is 10.3. The number of esters is 1. The average molecular weight is 544 g/mol. The molecule has 2 aromatic rings.